The molecule has 50 valence electrons. The minimum absolute atomic E-state index is 0.0361. The summed E-state index contributed by atoms with van der Waals surface area (Å²) in [6.45, 7) is 0.0361. The zero-order valence-corrected chi connectivity index (χ0v) is 6.59. The van der Waals surface area contributed by atoms with Crippen LogP contribution in [-0.2, 0) is 13.7 Å². The highest BCUT2D eigenvalue weighted by molar-refractivity contribution is 9.10. The van der Waals surface area contributed by atoms with E-state index in [-0.39, 0.29) is 6.61 Å². The van der Waals surface area contributed by atoms with E-state index in [1.807, 2.05) is 7.05 Å². The van der Waals surface area contributed by atoms with Gasteiger partial charge in [-0.1, -0.05) is 0 Å². The smallest absolute Gasteiger partial charge is 0.133 e. The van der Waals surface area contributed by atoms with Crippen molar-refractivity contribution < 1.29 is 5.11 Å². The molecule has 0 amide bonds. The third-order valence-corrected chi connectivity index (χ3v) is 1.69. The Labute approximate surface area is 61.4 Å². The molecule has 1 rings (SSSR count). The predicted octanol–water partition coefficient (Wildman–Crippen LogP) is 0.675. The Bertz CT molecular complexity index is 209. The lowest BCUT2D eigenvalue weighted by Crippen LogP contribution is -1.84. The molecule has 0 atom stereocenters. The molecule has 0 aromatic carbocycles. The zero-order valence-electron chi connectivity index (χ0n) is 5.00. The van der Waals surface area contributed by atoms with Crippen LogP contribution in [0.1, 0.15) is 5.56 Å². The fourth-order valence-electron chi connectivity index (χ4n) is 0.616. The third-order valence-electron chi connectivity index (χ3n) is 1.02. The van der Waals surface area contributed by atoms with Crippen molar-refractivity contribution in [2.75, 3.05) is 0 Å². The van der Waals surface area contributed by atoms with Crippen LogP contribution in [0.2, 0.25) is 0 Å². The predicted molar refractivity (Wildman–Crippen MR) is 36.8 cm³/mol. The lowest BCUT2D eigenvalue weighted by molar-refractivity contribution is 0.281. The molecule has 0 unspecified atom stereocenters. The molecule has 1 heterocycles. The Hall–Kier alpha value is -0.350. The maximum absolute atomic E-state index is 8.65. The van der Waals surface area contributed by atoms with Crippen molar-refractivity contribution in [3.63, 3.8) is 0 Å². The standard InChI is InChI=1S/C5H7BrN2O/c1-8-2-4(3-9)5(6)7-8/h2,9H,3H2,1H3. The van der Waals surface area contributed by atoms with Gasteiger partial charge in [-0.3, -0.25) is 4.68 Å². The van der Waals surface area contributed by atoms with Gasteiger partial charge in [0.05, 0.1) is 6.61 Å². The van der Waals surface area contributed by atoms with Gasteiger partial charge < -0.3 is 5.11 Å². The molecule has 0 saturated heterocycles. The number of rotatable bonds is 1. The van der Waals surface area contributed by atoms with Crippen molar-refractivity contribution in [3.8, 4) is 0 Å². The van der Waals surface area contributed by atoms with Gasteiger partial charge in [-0.05, 0) is 15.9 Å². The van der Waals surface area contributed by atoms with Crippen molar-refractivity contribution in [1.29, 1.82) is 0 Å². The van der Waals surface area contributed by atoms with Crippen LogP contribution in [0.15, 0.2) is 10.8 Å². The first-order chi connectivity index (χ1) is 4.24. The van der Waals surface area contributed by atoms with Crippen LogP contribution >= 0.6 is 15.9 Å². The Morgan fingerprint density at radius 2 is 2.56 bits per heavy atom. The fourth-order valence-corrected chi connectivity index (χ4v) is 1.09. The number of hydrogen-bond acceptors (Lipinski definition) is 2. The summed E-state index contributed by atoms with van der Waals surface area (Å²) < 4.78 is 2.36. The number of nitrogens with zero attached hydrogens (tertiary/aromatic N) is 2. The van der Waals surface area contributed by atoms with Gasteiger partial charge in [-0.15, -0.1) is 0 Å². The molecule has 1 N–H and O–H groups in total. The molecule has 0 spiro atoms. The SMILES string of the molecule is Cn1cc(CO)c(Br)n1. The Morgan fingerprint density at radius 1 is 1.89 bits per heavy atom. The number of aromatic nitrogens is 2. The summed E-state index contributed by atoms with van der Waals surface area (Å²) in [7, 11) is 1.81. The van der Waals surface area contributed by atoms with Crippen molar-refractivity contribution >= 4 is 15.9 Å². The minimum atomic E-state index is 0.0361. The normalized spacial score (nSPS) is 10.1. The summed E-state index contributed by atoms with van der Waals surface area (Å²) in [5.41, 5.74) is 0.817. The Balaban J connectivity index is 3.01. The molecule has 0 aliphatic carbocycles. The van der Waals surface area contributed by atoms with E-state index in [4.69, 9.17) is 5.11 Å². The fraction of sp³-hybridized carbons (Fsp3) is 0.400. The molecule has 3 nitrogen and oxygen atoms in total. The summed E-state index contributed by atoms with van der Waals surface area (Å²) in [6, 6.07) is 0. The van der Waals surface area contributed by atoms with E-state index < -0.39 is 0 Å². The largest absolute Gasteiger partial charge is 0.392 e. The molecule has 0 radical (unpaired) electrons. The van der Waals surface area contributed by atoms with Crippen LogP contribution < -0.4 is 0 Å². The second kappa shape index (κ2) is 2.49. The number of aliphatic hydroxyl groups excluding tert-OH is 1. The summed E-state index contributed by atoms with van der Waals surface area (Å²) in [5, 5.41) is 12.6. The maximum atomic E-state index is 8.65. The number of aryl methyl sites for hydroxylation is 1. The van der Waals surface area contributed by atoms with Gasteiger partial charge in [0.25, 0.3) is 0 Å². The van der Waals surface area contributed by atoms with Gasteiger partial charge in [0.1, 0.15) is 4.60 Å². The van der Waals surface area contributed by atoms with Crippen molar-refractivity contribution in [2.45, 2.75) is 6.61 Å². The topological polar surface area (TPSA) is 38.0 Å². The molecule has 0 aliphatic heterocycles. The van der Waals surface area contributed by atoms with E-state index >= 15 is 0 Å². The van der Waals surface area contributed by atoms with E-state index in [2.05, 4.69) is 21.0 Å². The average Bonchev–Trinajstić information content (AvgIpc) is 2.10. The summed E-state index contributed by atoms with van der Waals surface area (Å²) in [4.78, 5) is 0. The average molecular weight is 191 g/mol. The minimum Gasteiger partial charge on any atom is -0.392 e. The van der Waals surface area contributed by atoms with E-state index in [0.717, 1.165) is 5.56 Å². The highest BCUT2D eigenvalue weighted by Crippen LogP contribution is 2.12. The summed E-state index contributed by atoms with van der Waals surface area (Å²) in [6.07, 6.45) is 1.77. The van der Waals surface area contributed by atoms with Gasteiger partial charge in [-0.25, -0.2) is 0 Å². The van der Waals surface area contributed by atoms with Crippen LogP contribution in [0, 0.1) is 0 Å². The van der Waals surface area contributed by atoms with Crippen LogP contribution in [-0.4, -0.2) is 14.9 Å². The van der Waals surface area contributed by atoms with Gasteiger partial charge in [-0.2, -0.15) is 5.10 Å². The Kier molecular flexibility index (Phi) is 1.87. The van der Waals surface area contributed by atoms with Gasteiger partial charge in [0, 0.05) is 18.8 Å². The molecule has 0 bridgehead atoms. The first kappa shape index (κ1) is 6.77. The maximum Gasteiger partial charge on any atom is 0.133 e. The summed E-state index contributed by atoms with van der Waals surface area (Å²) in [5.74, 6) is 0. The van der Waals surface area contributed by atoms with Crippen LogP contribution in [0.25, 0.3) is 0 Å². The third kappa shape index (κ3) is 1.31. The van der Waals surface area contributed by atoms with Crippen LogP contribution in [0.3, 0.4) is 0 Å². The molecule has 0 aliphatic rings. The van der Waals surface area contributed by atoms with Gasteiger partial charge in [0.2, 0.25) is 0 Å². The van der Waals surface area contributed by atoms with Crippen molar-refractivity contribution in [2.24, 2.45) is 7.05 Å². The lowest BCUT2D eigenvalue weighted by atomic mass is 10.4. The molecule has 1 aromatic rings. The molecular weight excluding hydrogens is 184 g/mol. The van der Waals surface area contributed by atoms with Crippen LogP contribution in [0.5, 0.6) is 0 Å². The highest BCUT2D eigenvalue weighted by Gasteiger charge is 2.00. The number of halogens is 1. The monoisotopic (exact) mass is 190 g/mol. The van der Waals surface area contributed by atoms with Crippen molar-refractivity contribution in [3.05, 3.63) is 16.4 Å². The molecule has 0 saturated carbocycles. The first-order valence-electron chi connectivity index (χ1n) is 2.53. The second-order valence-electron chi connectivity index (χ2n) is 1.78. The molecular formula is C5H7BrN2O. The zero-order chi connectivity index (χ0) is 6.85. The quantitative estimate of drug-likeness (QED) is 0.708. The molecule has 4 heteroatoms. The number of aliphatic hydroxyl groups is 1. The van der Waals surface area contributed by atoms with Gasteiger partial charge >= 0.3 is 0 Å². The molecule has 0 fully saturated rings. The van der Waals surface area contributed by atoms with E-state index in [1.165, 1.54) is 0 Å². The Morgan fingerprint density at radius 3 is 2.78 bits per heavy atom. The number of hydrogen-bond donors (Lipinski definition) is 1. The van der Waals surface area contributed by atoms with E-state index in [0.29, 0.717) is 4.60 Å². The first-order valence-corrected chi connectivity index (χ1v) is 3.32. The van der Waals surface area contributed by atoms with E-state index in [1.54, 1.807) is 10.9 Å². The van der Waals surface area contributed by atoms with Crippen molar-refractivity contribution in [1.82, 2.24) is 9.78 Å². The second-order valence-corrected chi connectivity index (χ2v) is 2.53. The van der Waals surface area contributed by atoms with Gasteiger partial charge in [0.15, 0.2) is 0 Å². The highest BCUT2D eigenvalue weighted by atomic mass is 79.9. The lowest BCUT2D eigenvalue weighted by Gasteiger charge is -1.83. The molecule has 1 aromatic heterocycles. The summed E-state index contributed by atoms with van der Waals surface area (Å²) >= 11 is 3.19. The van der Waals surface area contributed by atoms with E-state index in [9.17, 15) is 0 Å². The molecule has 9 heavy (non-hydrogen) atoms. The van der Waals surface area contributed by atoms with Crippen LogP contribution in [0.4, 0.5) is 0 Å².